The topological polar surface area (TPSA) is 79.1 Å². The van der Waals surface area contributed by atoms with Gasteiger partial charge in [-0.15, -0.1) is 0 Å². The molecule has 23 heavy (non-hydrogen) atoms. The van der Waals surface area contributed by atoms with Gasteiger partial charge < -0.3 is 24.7 Å². The first-order valence-corrected chi connectivity index (χ1v) is 7.87. The number of methoxy groups -OCH3 is 1. The molecule has 0 fully saturated rings. The molecule has 0 aliphatic carbocycles. The lowest BCUT2D eigenvalue weighted by Crippen LogP contribution is -2.40. The maximum atomic E-state index is 11.7. The van der Waals surface area contributed by atoms with Crippen LogP contribution < -0.4 is 10.6 Å². The zero-order chi connectivity index (χ0) is 16.9. The molecule has 1 amide bonds. The summed E-state index contributed by atoms with van der Waals surface area (Å²) in [5.41, 5.74) is 0. The van der Waals surface area contributed by atoms with Gasteiger partial charge in [-0.1, -0.05) is 0 Å². The van der Waals surface area contributed by atoms with Gasteiger partial charge in [-0.05, 0) is 25.0 Å². The van der Waals surface area contributed by atoms with Crippen molar-refractivity contribution in [3.8, 4) is 0 Å². The van der Waals surface area contributed by atoms with Gasteiger partial charge in [0.15, 0.2) is 5.96 Å². The number of nitrogens with one attached hydrogen (secondary N) is 2. The number of aliphatic imine (C=N–C) groups is 1. The first kappa shape index (κ1) is 19.0. The number of guanidine groups is 1. The second-order valence-electron chi connectivity index (χ2n) is 5.34. The summed E-state index contributed by atoms with van der Waals surface area (Å²) in [4.78, 5) is 17.5. The first-order chi connectivity index (χ1) is 11.1. The lowest BCUT2D eigenvalue weighted by Gasteiger charge is -2.13. The molecule has 0 spiro atoms. The van der Waals surface area contributed by atoms with Crippen molar-refractivity contribution in [2.45, 2.75) is 19.3 Å². The van der Waals surface area contributed by atoms with Crippen LogP contribution in [-0.4, -0.2) is 64.2 Å². The molecule has 0 aromatic carbocycles. The minimum atomic E-state index is -0.0310. The second-order valence-corrected chi connectivity index (χ2v) is 5.34. The Morgan fingerprint density at radius 1 is 1.30 bits per heavy atom. The number of likely N-dealkylation sites (N-methyl/N-ethyl adjacent to an activating group) is 1. The van der Waals surface area contributed by atoms with E-state index < -0.39 is 0 Å². The minimum absolute atomic E-state index is 0.0310. The Labute approximate surface area is 138 Å². The van der Waals surface area contributed by atoms with E-state index in [1.807, 2.05) is 12.1 Å². The fourth-order valence-corrected chi connectivity index (χ4v) is 1.80. The SMILES string of the molecule is COCCCCNC(=NCC(=O)N(C)C)NCCc1ccco1. The predicted molar refractivity (Wildman–Crippen MR) is 90.5 cm³/mol. The lowest BCUT2D eigenvalue weighted by atomic mass is 10.3. The van der Waals surface area contributed by atoms with Gasteiger partial charge in [0.2, 0.25) is 5.91 Å². The molecular formula is C16H28N4O3. The number of carbonyl (C=O) groups excluding carboxylic acids is 1. The van der Waals surface area contributed by atoms with Crippen molar-refractivity contribution in [1.82, 2.24) is 15.5 Å². The van der Waals surface area contributed by atoms with Crippen molar-refractivity contribution in [2.75, 3.05) is 47.4 Å². The van der Waals surface area contributed by atoms with Crippen molar-refractivity contribution >= 4 is 11.9 Å². The smallest absolute Gasteiger partial charge is 0.243 e. The maximum absolute atomic E-state index is 11.7. The van der Waals surface area contributed by atoms with Crippen LogP contribution >= 0.6 is 0 Å². The molecular weight excluding hydrogens is 296 g/mol. The monoisotopic (exact) mass is 324 g/mol. The molecule has 0 atom stereocenters. The number of ether oxygens (including phenoxy) is 1. The second kappa shape index (κ2) is 11.5. The molecule has 0 saturated heterocycles. The number of hydrogen-bond donors (Lipinski definition) is 2. The number of carbonyl (C=O) groups is 1. The third kappa shape index (κ3) is 8.87. The van der Waals surface area contributed by atoms with Crippen LogP contribution in [0, 0.1) is 0 Å². The molecule has 0 unspecified atom stereocenters. The predicted octanol–water partition coefficient (Wildman–Crippen LogP) is 0.872. The van der Waals surface area contributed by atoms with Gasteiger partial charge in [-0.2, -0.15) is 0 Å². The maximum Gasteiger partial charge on any atom is 0.243 e. The number of rotatable bonds is 10. The van der Waals surface area contributed by atoms with Crippen LogP contribution in [0.4, 0.5) is 0 Å². The van der Waals surface area contributed by atoms with E-state index in [4.69, 9.17) is 9.15 Å². The highest BCUT2D eigenvalue weighted by Crippen LogP contribution is 1.99. The molecule has 0 bridgehead atoms. The van der Waals surface area contributed by atoms with E-state index in [1.165, 1.54) is 4.90 Å². The van der Waals surface area contributed by atoms with Crippen molar-refractivity contribution in [3.05, 3.63) is 24.2 Å². The third-order valence-corrected chi connectivity index (χ3v) is 3.18. The fraction of sp³-hybridized carbons (Fsp3) is 0.625. The molecule has 0 saturated carbocycles. The molecule has 1 aromatic heterocycles. The first-order valence-electron chi connectivity index (χ1n) is 7.87. The molecule has 0 radical (unpaired) electrons. The van der Waals surface area contributed by atoms with Gasteiger partial charge in [0.05, 0.1) is 6.26 Å². The molecule has 0 aliphatic heterocycles. The largest absolute Gasteiger partial charge is 0.469 e. The number of amides is 1. The molecule has 0 aliphatic rings. The van der Waals surface area contributed by atoms with Gasteiger partial charge in [0.25, 0.3) is 0 Å². The Kier molecular flexibility index (Phi) is 9.54. The number of unbranched alkanes of at least 4 members (excludes halogenated alkanes) is 1. The number of hydrogen-bond acceptors (Lipinski definition) is 4. The summed E-state index contributed by atoms with van der Waals surface area (Å²) in [6.07, 6.45) is 4.39. The van der Waals surface area contributed by atoms with Crippen molar-refractivity contribution in [2.24, 2.45) is 4.99 Å². The summed E-state index contributed by atoms with van der Waals surface area (Å²) in [6, 6.07) is 3.81. The number of nitrogens with zero attached hydrogens (tertiary/aromatic N) is 2. The van der Waals surface area contributed by atoms with Crippen molar-refractivity contribution in [1.29, 1.82) is 0 Å². The van der Waals surface area contributed by atoms with E-state index in [1.54, 1.807) is 27.5 Å². The van der Waals surface area contributed by atoms with E-state index in [-0.39, 0.29) is 12.5 Å². The van der Waals surface area contributed by atoms with Crippen LogP contribution in [0.3, 0.4) is 0 Å². The molecule has 2 N–H and O–H groups in total. The summed E-state index contributed by atoms with van der Waals surface area (Å²) in [6.45, 7) is 2.35. The molecule has 1 aromatic rings. The molecule has 1 rings (SSSR count). The summed E-state index contributed by atoms with van der Waals surface area (Å²) < 4.78 is 10.3. The highest BCUT2D eigenvalue weighted by molar-refractivity contribution is 5.84. The van der Waals surface area contributed by atoms with Gasteiger partial charge in [0, 0.05) is 47.3 Å². The molecule has 7 nitrogen and oxygen atoms in total. The van der Waals surface area contributed by atoms with Gasteiger partial charge >= 0.3 is 0 Å². The third-order valence-electron chi connectivity index (χ3n) is 3.18. The molecule has 130 valence electrons. The Bertz CT molecular complexity index is 458. The van der Waals surface area contributed by atoms with E-state index >= 15 is 0 Å². The molecule has 1 heterocycles. The Morgan fingerprint density at radius 2 is 2.09 bits per heavy atom. The highest BCUT2D eigenvalue weighted by Gasteiger charge is 2.04. The van der Waals surface area contributed by atoms with E-state index in [0.717, 1.165) is 38.2 Å². The van der Waals surface area contributed by atoms with Crippen molar-refractivity contribution < 1.29 is 13.9 Å². The van der Waals surface area contributed by atoms with Crippen LogP contribution in [0.5, 0.6) is 0 Å². The van der Waals surface area contributed by atoms with E-state index in [0.29, 0.717) is 12.5 Å². The van der Waals surface area contributed by atoms with E-state index in [2.05, 4.69) is 15.6 Å². The van der Waals surface area contributed by atoms with Gasteiger partial charge in [-0.25, -0.2) is 4.99 Å². The van der Waals surface area contributed by atoms with Crippen LogP contribution in [0.1, 0.15) is 18.6 Å². The van der Waals surface area contributed by atoms with Crippen LogP contribution in [0.15, 0.2) is 27.8 Å². The normalized spacial score (nSPS) is 11.3. The fourth-order valence-electron chi connectivity index (χ4n) is 1.80. The van der Waals surface area contributed by atoms with Crippen LogP contribution in [0.2, 0.25) is 0 Å². The lowest BCUT2D eigenvalue weighted by molar-refractivity contribution is -0.127. The highest BCUT2D eigenvalue weighted by atomic mass is 16.5. The van der Waals surface area contributed by atoms with Crippen LogP contribution in [0.25, 0.3) is 0 Å². The molecule has 7 heteroatoms. The zero-order valence-corrected chi connectivity index (χ0v) is 14.3. The minimum Gasteiger partial charge on any atom is -0.469 e. The Balaban J connectivity index is 2.39. The van der Waals surface area contributed by atoms with E-state index in [9.17, 15) is 4.79 Å². The summed E-state index contributed by atoms with van der Waals surface area (Å²) >= 11 is 0. The van der Waals surface area contributed by atoms with Crippen LogP contribution in [-0.2, 0) is 16.0 Å². The number of furan rings is 1. The quantitative estimate of drug-likeness (QED) is 0.379. The average molecular weight is 324 g/mol. The summed E-state index contributed by atoms with van der Waals surface area (Å²) in [7, 11) is 5.14. The summed E-state index contributed by atoms with van der Waals surface area (Å²) in [5, 5.41) is 6.46. The summed E-state index contributed by atoms with van der Waals surface area (Å²) in [5.74, 6) is 1.53. The van der Waals surface area contributed by atoms with Gasteiger partial charge in [-0.3, -0.25) is 4.79 Å². The Morgan fingerprint density at radius 3 is 2.74 bits per heavy atom. The Hall–Kier alpha value is -2.02. The van der Waals surface area contributed by atoms with Crippen molar-refractivity contribution in [3.63, 3.8) is 0 Å². The average Bonchev–Trinajstić information content (AvgIpc) is 3.04. The standard InChI is InChI=1S/C16H28N4O3/c1-20(2)15(21)13-19-16(17-9-4-5-11-22-3)18-10-8-14-7-6-12-23-14/h6-7,12H,4-5,8-11,13H2,1-3H3,(H2,17,18,19). The van der Waals surface area contributed by atoms with Gasteiger partial charge in [0.1, 0.15) is 12.3 Å². The zero-order valence-electron chi connectivity index (χ0n) is 14.3.